The fraction of sp³-hybridized carbons (Fsp3) is 0.625. The maximum absolute atomic E-state index is 6.10. The molecule has 0 fully saturated rings. The number of halogens is 2. The summed E-state index contributed by atoms with van der Waals surface area (Å²) in [6, 6.07) is 8.13. The summed E-state index contributed by atoms with van der Waals surface area (Å²) in [5.74, 6) is 2.83. The van der Waals surface area contributed by atoms with Crippen molar-refractivity contribution in [1.29, 1.82) is 0 Å². The minimum atomic E-state index is 0.571. The maximum atomic E-state index is 6.10. The average molecular weight is 287 g/mol. The van der Waals surface area contributed by atoms with E-state index < -0.39 is 0 Å². The summed E-state index contributed by atoms with van der Waals surface area (Å²) in [6.45, 7) is 6.90. The van der Waals surface area contributed by atoms with Crippen molar-refractivity contribution in [2.75, 3.05) is 5.88 Å². The largest absolute Gasteiger partial charge is 0.126 e. The van der Waals surface area contributed by atoms with E-state index in [1.807, 2.05) is 12.1 Å². The van der Waals surface area contributed by atoms with Gasteiger partial charge in [0.1, 0.15) is 0 Å². The van der Waals surface area contributed by atoms with Crippen LogP contribution in [0, 0.1) is 17.8 Å². The third-order valence-electron chi connectivity index (χ3n) is 3.27. The standard InChI is InChI=1S/C16H24Cl2/c1-12(2)8-13(3)9-15(11-17)10-14-4-6-16(18)7-5-14/h4-7,12-13,15H,8-11H2,1-3H3. The minimum Gasteiger partial charge on any atom is -0.126 e. The molecular weight excluding hydrogens is 263 g/mol. The number of hydrogen-bond acceptors (Lipinski definition) is 0. The zero-order valence-electron chi connectivity index (χ0n) is 11.6. The summed E-state index contributed by atoms with van der Waals surface area (Å²) in [6.07, 6.45) is 3.56. The molecule has 1 aromatic rings. The minimum absolute atomic E-state index is 0.571. The molecule has 0 spiro atoms. The van der Waals surface area contributed by atoms with Gasteiger partial charge in [0, 0.05) is 10.9 Å². The molecular formula is C16H24Cl2. The van der Waals surface area contributed by atoms with E-state index in [2.05, 4.69) is 32.9 Å². The van der Waals surface area contributed by atoms with E-state index in [9.17, 15) is 0 Å². The molecule has 0 saturated carbocycles. The first-order chi connectivity index (χ1) is 8.51. The molecule has 2 heteroatoms. The molecule has 0 saturated heterocycles. The Bertz CT molecular complexity index is 329. The number of alkyl halides is 1. The van der Waals surface area contributed by atoms with Crippen molar-refractivity contribution < 1.29 is 0 Å². The highest BCUT2D eigenvalue weighted by Gasteiger charge is 2.14. The zero-order valence-corrected chi connectivity index (χ0v) is 13.1. The second-order valence-electron chi connectivity index (χ2n) is 5.82. The quantitative estimate of drug-likeness (QED) is 0.555. The van der Waals surface area contributed by atoms with Crippen LogP contribution in [0.2, 0.25) is 5.02 Å². The van der Waals surface area contributed by atoms with E-state index in [0.29, 0.717) is 5.92 Å². The summed E-state index contributed by atoms with van der Waals surface area (Å²) in [5, 5.41) is 0.800. The Kier molecular flexibility index (Phi) is 7.11. The Morgan fingerprint density at radius 2 is 1.61 bits per heavy atom. The molecule has 0 bridgehead atoms. The van der Waals surface area contributed by atoms with Gasteiger partial charge in [-0.25, -0.2) is 0 Å². The molecule has 102 valence electrons. The lowest BCUT2D eigenvalue weighted by molar-refractivity contribution is 0.356. The Balaban J connectivity index is 2.48. The first-order valence-electron chi connectivity index (χ1n) is 6.81. The van der Waals surface area contributed by atoms with Crippen LogP contribution in [0.4, 0.5) is 0 Å². The first kappa shape index (κ1) is 15.9. The van der Waals surface area contributed by atoms with Crippen molar-refractivity contribution >= 4 is 23.2 Å². The van der Waals surface area contributed by atoms with E-state index in [1.165, 1.54) is 18.4 Å². The van der Waals surface area contributed by atoms with Crippen LogP contribution >= 0.6 is 23.2 Å². The Labute approximate surface area is 122 Å². The van der Waals surface area contributed by atoms with Gasteiger partial charge in [-0.05, 0) is 54.7 Å². The van der Waals surface area contributed by atoms with Gasteiger partial charge in [0.25, 0.3) is 0 Å². The highest BCUT2D eigenvalue weighted by Crippen LogP contribution is 2.24. The molecule has 1 aromatic carbocycles. The molecule has 0 aromatic heterocycles. The first-order valence-corrected chi connectivity index (χ1v) is 7.73. The average Bonchev–Trinajstić information content (AvgIpc) is 2.30. The maximum Gasteiger partial charge on any atom is 0.0406 e. The van der Waals surface area contributed by atoms with Gasteiger partial charge < -0.3 is 0 Å². The second kappa shape index (κ2) is 8.07. The Hall–Kier alpha value is -0.200. The second-order valence-corrected chi connectivity index (χ2v) is 6.57. The normalized spacial score (nSPS) is 14.8. The predicted molar refractivity (Wildman–Crippen MR) is 82.6 cm³/mol. The Morgan fingerprint density at radius 1 is 1.00 bits per heavy atom. The van der Waals surface area contributed by atoms with Gasteiger partial charge in [0.2, 0.25) is 0 Å². The molecule has 1 rings (SSSR count). The van der Waals surface area contributed by atoms with Gasteiger partial charge >= 0.3 is 0 Å². The number of rotatable bonds is 7. The monoisotopic (exact) mass is 286 g/mol. The van der Waals surface area contributed by atoms with Gasteiger partial charge in [0.05, 0.1) is 0 Å². The molecule has 0 amide bonds. The molecule has 0 aliphatic heterocycles. The summed E-state index contributed by atoms with van der Waals surface area (Å²) in [7, 11) is 0. The fourth-order valence-corrected chi connectivity index (χ4v) is 2.99. The summed E-state index contributed by atoms with van der Waals surface area (Å²) in [5.41, 5.74) is 1.33. The third kappa shape index (κ3) is 6.11. The van der Waals surface area contributed by atoms with Crippen molar-refractivity contribution in [1.82, 2.24) is 0 Å². The predicted octanol–water partition coefficient (Wildman–Crippen LogP) is 5.81. The van der Waals surface area contributed by atoms with Crippen molar-refractivity contribution in [3.8, 4) is 0 Å². The molecule has 0 N–H and O–H groups in total. The van der Waals surface area contributed by atoms with Crippen LogP contribution in [-0.4, -0.2) is 5.88 Å². The van der Waals surface area contributed by atoms with Crippen molar-refractivity contribution in [2.45, 2.75) is 40.0 Å². The van der Waals surface area contributed by atoms with Crippen LogP contribution in [-0.2, 0) is 6.42 Å². The number of hydrogen-bond donors (Lipinski definition) is 0. The van der Waals surface area contributed by atoms with Crippen molar-refractivity contribution in [2.24, 2.45) is 17.8 Å². The highest BCUT2D eigenvalue weighted by atomic mass is 35.5. The molecule has 18 heavy (non-hydrogen) atoms. The summed E-state index contributed by atoms with van der Waals surface area (Å²) >= 11 is 12.0. The fourth-order valence-electron chi connectivity index (χ4n) is 2.62. The SMILES string of the molecule is CC(C)CC(C)CC(CCl)Cc1ccc(Cl)cc1. The van der Waals surface area contributed by atoms with Gasteiger partial charge in [0.15, 0.2) is 0 Å². The Morgan fingerprint density at radius 3 is 2.11 bits per heavy atom. The third-order valence-corrected chi connectivity index (χ3v) is 3.95. The van der Waals surface area contributed by atoms with Crippen LogP contribution in [0.15, 0.2) is 24.3 Å². The van der Waals surface area contributed by atoms with Crippen LogP contribution in [0.5, 0.6) is 0 Å². The van der Waals surface area contributed by atoms with Gasteiger partial charge in [-0.3, -0.25) is 0 Å². The molecule has 0 radical (unpaired) electrons. The lowest BCUT2D eigenvalue weighted by Crippen LogP contribution is -2.12. The van der Waals surface area contributed by atoms with E-state index in [0.717, 1.165) is 29.2 Å². The molecule has 0 nitrogen and oxygen atoms in total. The van der Waals surface area contributed by atoms with E-state index in [-0.39, 0.29) is 0 Å². The van der Waals surface area contributed by atoms with Gasteiger partial charge in [-0.2, -0.15) is 0 Å². The van der Waals surface area contributed by atoms with Crippen molar-refractivity contribution in [3.63, 3.8) is 0 Å². The summed E-state index contributed by atoms with van der Waals surface area (Å²) < 4.78 is 0. The lowest BCUT2D eigenvalue weighted by Gasteiger charge is -2.20. The summed E-state index contributed by atoms with van der Waals surface area (Å²) in [4.78, 5) is 0. The van der Waals surface area contributed by atoms with Crippen LogP contribution < -0.4 is 0 Å². The topological polar surface area (TPSA) is 0 Å². The van der Waals surface area contributed by atoms with Gasteiger partial charge in [-0.15, -0.1) is 11.6 Å². The van der Waals surface area contributed by atoms with Gasteiger partial charge in [-0.1, -0.05) is 44.5 Å². The number of benzene rings is 1. The van der Waals surface area contributed by atoms with E-state index >= 15 is 0 Å². The molecule has 2 atom stereocenters. The smallest absolute Gasteiger partial charge is 0.0406 e. The lowest BCUT2D eigenvalue weighted by atomic mass is 9.87. The van der Waals surface area contributed by atoms with Crippen LogP contribution in [0.3, 0.4) is 0 Å². The van der Waals surface area contributed by atoms with E-state index in [4.69, 9.17) is 23.2 Å². The molecule has 0 heterocycles. The zero-order chi connectivity index (χ0) is 13.5. The van der Waals surface area contributed by atoms with Crippen LogP contribution in [0.25, 0.3) is 0 Å². The van der Waals surface area contributed by atoms with Crippen LogP contribution in [0.1, 0.15) is 39.2 Å². The van der Waals surface area contributed by atoms with Crippen molar-refractivity contribution in [3.05, 3.63) is 34.9 Å². The molecule has 0 aliphatic carbocycles. The highest BCUT2D eigenvalue weighted by molar-refractivity contribution is 6.30. The van der Waals surface area contributed by atoms with E-state index in [1.54, 1.807) is 0 Å². The molecule has 2 unspecified atom stereocenters. The molecule has 0 aliphatic rings.